The van der Waals surface area contributed by atoms with Crippen molar-refractivity contribution in [3.05, 3.63) is 84.4 Å². The van der Waals surface area contributed by atoms with Gasteiger partial charge in [0.15, 0.2) is 0 Å². The van der Waals surface area contributed by atoms with Crippen molar-refractivity contribution in [3.63, 3.8) is 0 Å². The third-order valence-corrected chi connectivity index (χ3v) is 5.13. The van der Waals surface area contributed by atoms with Gasteiger partial charge in [0.05, 0.1) is 0 Å². The monoisotopic (exact) mass is 314 g/mol. The molecule has 4 aromatic rings. The van der Waals surface area contributed by atoms with E-state index in [1.807, 2.05) is 24.3 Å². The lowest BCUT2D eigenvalue weighted by Gasteiger charge is -2.03. The van der Waals surface area contributed by atoms with Crippen LogP contribution in [0, 0.1) is 0 Å². The van der Waals surface area contributed by atoms with E-state index >= 15 is 0 Å². The smallest absolute Gasteiger partial charge is 0.150 e. The van der Waals surface area contributed by atoms with Gasteiger partial charge in [0, 0.05) is 15.3 Å². The van der Waals surface area contributed by atoms with Crippen LogP contribution in [-0.4, -0.2) is 6.29 Å². The summed E-state index contributed by atoms with van der Waals surface area (Å²) in [6, 6.07) is 27.0. The largest absolute Gasteiger partial charge is 0.298 e. The first-order chi connectivity index (χ1) is 11.3. The normalized spacial score (nSPS) is 10.8. The van der Waals surface area contributed by atoms with E-state index in [9.17, 15) is 4.79 Å². The van der Waals surface area contributed by atoms with Crippen molar-refractivity contribution in [1.29, 1.82) is 0 Å². The van der Waals surface area contributed by atoms with Gasteiger partial charge in [0.25, 0.3) is 0 Å². The van der Waals surface area contributed by atoms with E-state index in [0.29, 0.717) is 5.56 Å². The Kier molecular flexibility index (Phi) is 3.52. The van der Waals surface area contributed by atoms with E-state index in [-0.39, 0.29) is 0 Å². The molecule has 2 heteroatoms. The summed E-state index contributed by atoms with van der Waals surface area (Å²) in [5, 5.41) is 2.25. The first-order valence-corrected chi connectivity index (χ1v) is 8.30. The molecule has 3 aromatic carbocycles. The third-order valence-electron chi connectivity index (χ3n) is 3.95. The molecular weight excluding hydrogens is 300 g/mol. The Hall–Kier alpha value is -2.71. The average molecular weight is 314 g/mol. The van der Waals surface area contributed by atoms with Crippen molar-refractivity contribution in [2.45, 2.75) is 0 Å². The number of carbonyl (C=O) groups excluding carboxylic acids is 1. The van der Waals surface area contributed by atoms with Gasteiger partial charge < -0.3 is 0 Å². The maximum Gasteiger partial charge on any atom is 0.150 e. The van der Waals surface area contributed by atoms with Crippen LogP contribution in [0.15, 0.2) is 78.9 Å². The molecule has 4 rings (SSSR count). The van der Waals surface area contributed by atoms with Gasteiger partial charge in [-0.05, 0) is 46.2 Å². The van der Waals surface area contributed by atoms with Gasteiger partial charge in [-0.2, -0.15) is 0 Å². The van der Waals surface area contributed by atoms with Crippen molar-refractivity contribution in [3.8, 4) is 20.9 Å². The van der Waals surface area contributed by atoms with Crippen molar-refractivity contribution in [1.82, 2.24) is 0 Å². The maximum atomic E-state index is 10.9. The number of benzene rings is 3. The molecule has 1 nitrogen and oxygen atoms in total. The van der Waals surface area contributed by atoms with Gasteiger partial charge in [0.1, 0.15) is 6.29 Å². The molecule has 110 valence electrons. The number of hydrogen-bond donors (Lipinski definition) is 0. The molecule has 0 spiro atoms. The van der Waals surface area contributed by atoms with Crippen LogP contribution in [-0.2, 0) is 0 Å². The fourth-order valence-electron chi connectivity index (χ4n) is 2.74. The quantitative estimate of drug-likeness (QED) is 0.421. The number of rotatable bonds is 3. The highest BCUT2D eigenvalue weighted by atomic mass is 32.1. The van der Waals surface area contributed by atoms with E-state index in [1.54, 1.807) is 11.3 Å². The van der Waals surface area contributed by atoms with Crippen molar-refractivity contribution >= 4 is 28.4 Å². The van der Waals surface area contributed by atoms with Crippen LogP contribution in [0.3, 0.4) is 0 Å². The highest BCUT2D eigenvalue weighted by Crippen LogP contribution is 2.35. The molecule has 0 fully saturated rings. The summed E-state index contributed by atoms with van der Waals surface area (Å²) in [5.41, 5.74) is 3.18. The maximum absolute atomic E-state index is 10.9. The molecule has 0 saturated carbocycles. The molecule has 0 saturated heterocycles. The van der Waals surface area contributed by atoms with Crippen LogP contribution in [0.1, 0.15) is 10.4 Å². The van der Waals surface area contributed by atoms with E-state index < -0.39 is 0 Å². The van der Waals surface area contributed by atoms with Gasteiger partial charge in [-0.3, -0.25) is 4.79 Å². The van der Waals surface area contributed by atoms with Gasteiger partial charge in [-0.15, -0.1) is 11.3 Å². The molecule has 0 aliphatic carbocycles. The summed E-state index contributed by atoms with van der Waals surface area (Å²) in [7, 11) is 0. The molecule has 0 bridgehead atoms. The second kappa shape index (κ2) is 5.82. The van der Waals surface area contributed by atoms with Crippen LogP contribution in [0.25, 0.3) is 31.7 Å². The molecular formula is C21H14OS. The molecule has 0 amide bonds. The first-order valence-electron chi connectivity index (χ1n) is 7.48. The lowest BCUT2D eigenvalue weighted by Crippen LogP contribution is -1.81. The Bertz CT molecular complexity index is 983. The summed E-state index contributed by atoms with van der Waals surface area (Å²) in [5.74, 6) is 0. The minimum Gasteiger partial charge on any atom is -0.298 e. The summed E-state index contributed by atoms with van der Waals surface area (Å²) in [6.45, 7) is 0. The zero-order chi connectivity index (χ0) is 15.6. The highest BCUT2D eigenvalue weighted by molar-refractivity contribution is 7.18. The van der Waals surface area contributed by atoms with E-state index in [4.69, 9.17) is 0 Å². The van der Waals surface area contributed by atoms with Gasteiger partial charge in [0.2, 0.25) is 0 Å². The highest BCUT2D eigenvalue weighted by Gasteiger charge is 2.06. The molecule has 23 heavy (non-hydrogen) atoms. The summed E-state index contributed by atoms with van der Waals surface area (Å²) in [4.78, 5) is 13.4. The minimum atomic E-state index is 0.715. The third kappa shape index (κ3) is 2.69. The van der Waals surface area contributed by atoms with Gasteiger partial charge in [-0.1, -0.05) is 54.6 Å². The van der Waals surface area contributed by atoms with Crippen molar-refractivity contribution in [2.24, 2.45) is 0 Å². The fourth-order valence-corrected chi connectivity index (χ4v) is 3.75. The zero-order valence-corrected chi connectivity index (χ0v) is 13.2. The number of thiophene rings is 1. The number of fused-ring (bicyclic) bond motifs is 1. The number of aldehydes is 1. The Morgan fingerprint density at radius 3 is 2.13 bits per heavy atom. The molecule has 1 heterocycles. The standard InChI is InChI=1S/C21H14OS/c22-14-15-6-7-18-13-19(9-8-17(18)12-15)21-11-10-20(23-21)16-4-2-1-3-5-16/h1-14H. The lowest BCUT2D eigenvalue weighted by atomic mass is 10.0. The van der Waals surface area contributed by atoms with E-state index in [0.717, 1.165) is 17.1 Å². The molecule has 0 aliphatic heterocycles. The Morgan fingerprint density at radius 2 is 1.35 bits per heavy atom. The minimum absolute atomic E-state index is 0.715. The van der Waals surface area contributed by atoms with Crippen LogP contribution < -0.4 is 0 Å². The topological polar surface area (TPSA) is 17.1 Å². The summed E-state index contributed by atoms with van der Waals surface area (Å²) < 4.78 is 0. The first kappa shape index (κ1) is 13.9. The van der Waals surface area contributed by atoms with Crippen LogP contribution in [0.5, 0.6) is 0 Å². The Balaban J connectivity index is 1.75. The van der Waals surface area contributed by atoms with Crippen molar-refractivity contribution < 1.29 is 4.79 Å². The molecule has 1 aromatic heterocycles. The second-order valence-electron chi connectivity index (χ2n) is 5.47. The molecule has 0 atom stereocenters. The number of carbonyl (C=O) groups is 1. The van der Waals surface area contributed by atoms with Crippen LogP contribution >= 0.6 is 11.3 Å². The van der Waals surface area contributed by atoms with E-state index in [2.05, 4.69) is 54.6 Å². The van der Waals surface area contributed by atoms with Gasteiger partial charge in [-0.25, -0.2) is 0 Å². The SMILES string of the molecule is O=Cc1ccc2cc(-c3ccc(-c4ccccc4)s3)ccc2c1. The van der Waals surface area contributed by atoms with Gasteiger partial charge >= 0.3 is 0 Å². The van der Waals surface area contributed by atoms with Crippen molar-refractivity contribution in [2.75, 3.05) is 0 Å². The molecule has 0 unspecified atom stereocenters. The lowest BCUT2D eigenvalue weighted by molar-refractivity contribution is 0.112. The fraction of sp³-hybridized carbons (Fsp3) is 0. The molecule has 0 N–H and O–H groups in total. The Morgan fingerprint density at radius 1 is 0.652 bits per heavy atom. The Labute approximate surface area is 138 Å². The van der Waals surface area contributed by atoms with E-state index in [1.165, 1.54) is 20.9 Å². The van der Waals surface area contributed by atoms with Crippen LogP contribution in [0.4, 0.5) is 0 Å². The predicted molar refractivity (Wildman–Crippen MR) is 98.1 cm³/mol. The van der Waals surface area contributed by atoms with Crippen LogP contribution in [0.2, 0.25) is 0 Å². The summed E-state index contributed by atoms with van der Waals surface area (Å²) in [6.07, 6.45) is 0.888. The summed E-state index contributed by atoms with van der Waals surface area (Å²) >= 11 is 1.80. The average Bonchev–Trinajstić information content (AvgIpc) is 3.11. The zero-order valence-electron chi connectivity index (χ0n) is 12.4. The molecule has 0 radical (unpaired) electrons. The second-order valence-corrected chi connectivity index (χ2v) is 6.55. The predicted octanol–water partition coefficient (Wildman–Crippen LogP) is 6.05. The molecule has 0 aliphatic rings. The number of hydrogen-bond acceptors (Lipinski definition) is 2.